The molecule has 0 atom stereocenters. The first kappa shape index (κ1) is 20.6. The second-order valence-corrected chi connectivity index (χ2v) is 7.15. The standard InChI is InChI=1S/C22H21ClN2O4/c1-4-14-8-5-6-11-17(14)25-20(26)18(23)19(21(25)27)24-16-10-7-9-15(12-16)22(28)29-13(2)3/h5-13,24H,4H2,1-3H3. The van der Waals surface area contributed by atoms with Crippen LogP contribution in [0.3, 0.4) is 0 Å². The molecular formula is C22H21ClN2O4. The summed E-state index contributed by atoms with van der Waals surface area (Å²) >= 11 is 6.20. The maximum atomic E-state index is 13.0. The number of aryl methyl sites for hydroxylation is 1. The van der Waals surface area contributed by atoms with Gasteiger partial charge in [-0.25, -0.2) is 9.69 Å². The van der Waals surface area contributed by atoms with Crippen LogP contribution in [-0.2, 0) is 20.7 Å². The van der Waals surface area contributed by atoms with Gasteiger partial charge in [-0.05, 0) is 50.1 Å². The van der Waals surface area contributed by atoms with Crippen LogP contribution in [0.2, 0.25) is 0 Å². The zero-order valence-corrected chi connectivity index (χ0v) is 17.1. The molecule has 0 fully saturated rings. The second-order valence-electron chi connectivity index (χ2n) is 6.78. The van der Waals surface area contributed by atoms with E-state index in [2.05, 4.69) is 5.32 Å². The number of benzene rings is 2. The van der Waals surface area contributed by atoms with E-state index in [-0.39, 0.29) is 16.8 Å². The van der Waals surface area contributed by atoms with E-state index in [1.807, 2.05) is 19.1 Å². The zero-order valence-electron chi connectivity index (χ0n) is 16.4. The topological polar surface area (TPSA) is 75.7 Å². The molecule has 1 heterocycles. The first-order valence-corrected chi connectivity index (χ1v) is 9.65. The van der Waals surface area contributed by atoms with Gasteiger partial charge in [0.15, 0.2) is 0 Å². The summed E-state index contributed by atoms with van der Waals surface area (Å²) < 4.78 is 5.19. The fourth-order valence-electron chi connectivity index (χ4n) is 3.01. The van der Waals surface area contributed by atoms with Crippen molar-refractivity contribution in [2.45, 2.75) is 33.3 Å². The molecule has 29 heavy (non-hydrogen) atoms. The number of imide groups is 1. The Morgan fingerprint density at radius 1 is 1.10 bits per heavy atom. The van der Waals surface area contributed by atoms with Crippen LogP contribution in [0.25, 0.3) is 0 Å². The lowest BCUT2D eigenvalue weighted by Gasteiger charge is -2.18. The third-order valence-electron chi connectivity index (χ3n) is 4.35. The number of amides is 2. The maximum absolute atomic E-state index is 13.0. The van der Waals surface area contributed by atoms with Gasteiger partial charge < -0.3 is 10.1 Å². The summed E-state index contributed by atoms with van der Waals surface area (Å²) in [4.78, 5) is 38.8. The Hall–Kier alpha value is -3.12. The van der Waals surface area contributed by atoms with Crippen LogP contribution in [0.1, 0.15) is 36.7 Å². The molecule has 0 aliphatic carbocycles. The van der Waals surface area contributed by atoms with Crippen molar-refractivity contribution >= 4 is 40.8 Å². The number of para-hydroxylation sites is 1. The van der Waals surface area contributed by atoms with E-state index in [4.69, 9.17) is 16.3 Å². The molecule has 1 N–H and O–H groups in total. The molecule has 1 aliphatic heterocycles. The molecule has 0 saturated carbocycles. The van der Waals surface area contributed by atoms with Crippen molar-refractivity contribution in [1.29, 1.82) is 0 Å². The Labute approximate surface area is 174 Å². The monoisotopic (exact) mass is 412 g/mol. The maximum Gasteiger partial charge on any atom is 0.338 e. The lowest BCUT2D eigenvalue weighted by Crippen LogP contribution is -2.33. The van der Waals surface area contributed by atoms with E-state index >= 15 is 0 Å². The average Bonchev–Trinajstić information content (AvgIpc) is 2.91. The van der Waals surface area contributed by atoms with Gasteiger partial charge in [0.1, 0.15) is 10.7 Å². The van der Waals surface area contributed by atoms with Crippen molar-refractivity contribution < 1.29 is 19.1 Å². The van der Waals surface area contributed by atoms with Gasteiger partial charge in [0.05, 0.1) is 17.4 Å². The van der Waals surface area contributed by atoms with Gasteiger partial charge in [-0.2, -0.15) is 0 Å². The van der Waals surface area contributed by atoms with E-state index in [0.717, 1.165) is 10.5 Å². The Morgan fingerprint density at radius 3 is 2.52 bits per heavy atom. The van der Waals surface area contributed by atoms with Gasteiger partial charge in [0, 0.05) is 5.69 Å². The fourth-order valence-corrected chi connectivity index (χ4v) is 3.22. The van der Waals surface area contributed by atoms with Crippen LogP contribution >= 0.6 is 11.6 Å². The van der Waals surface area contributed by atoms with E-state index < -0.39 is 17.8 Å². The van der Waals surface area contributed by atoms with Crippen molar-refractivity contribution in [3.63, 3.8) is 0 Å². The Balaban J connectivity index is 1.88. The van der Waals surface area contributed by atoms with E-state index in [1.54, 1.807) is 50.2 Å². The third-order valence-corrected chi connectivity index (χ3v) is 4.70. The lowest BCUT2D eigenvalue weighted by atomic mass is 10.1. The first-order valence-electron chi connectivity index (χ1n) is 9.28. The number of nitrogens with zero attached hydrogens (tertiary/aromatic N) is 1. The van der Waals surface area contributed by atoms with Crippen LogP contribution in [0, 0.1) is 0 Å². The molecule has 3 rings (SSSR count). The molecule has 0 aromatic heterocycles. The summed E-state index contributed by atoms with van der Waals surface area (Å²) in [6.45, 7) is 5.46. The number of carbonyl (C=O) groups is 3. The number of esters is 1. The number of hydrogen-bond donors (Lipinski definition) is 1. The highest BCUT2D eigenvalue weighted by Gasteiger charge is 2.39. The number of nitrogens with one attached hydrogen (secondary N) is 1. The second kappa shape index (κ2) is 8.49. The number of anilines is 2. The molecular weight excluding hydrogens is 392 g/mol. The van der Waals surface area contributed by atoms with Crippen molar-refractivity contribution in [2.24, 2.45) is 0 Å². The predicted molar refractivity (Wildman–Crippen MR) is 112 cm³/mol. The molecule has 2 amide bonds. The number of carbonyl (C=O) groups excluding carboxylic acids is 3. The molecule has 1 aliphatic rings. The molecule has 2 aromatic rings. The molecule has 0 saturated heterocycles. The molecule has 6 nitrogen and oxygen atoms in total. The predicted octanol–water partition coefficient (Wildman–Crippen LogP) is 4.25. The SMILES string of the molecule is CCc1ccccc1N1C(=O)C(Cl)=C(Nc2cccc(C(=O)OC(C)C)c2)C1=O. The van der Waals surface area contributed by atoms with Gasteiger partial charge in [0.2, 0.25) is 0 Å². The van der Waals surface area contributed by atoms with Crippen LogP contribution in [-0.4, -0.2) is 23.9 Å². The average molecular weight is 413 g/mol. The highest BCUT2D eigenvalue weighted by atomic mass is 35.5. The summed E-state index contributed by atoms with van der Waals surface area (Å²) in [5.41, 5.74) is 2.11. The summed E-state index contributed by atoms with van der Waals surface area (Å²) in [5, 5.41) is 2.69. The minimum atomic E-state index is -0.588. The van der Waals surface area contributed by atoms with E-state index in [9.17, 15) is 14.4 Å². The molecule has 0 radical (unpaired) electrons. The summed E-state index contributed by atoms with van der Waals surface area (Å²) in [6.07, 6.45) is 0.408. The Kier molecular flexibility index (Phi) is 6.03. The van der Waals surface area contributed by atoms with E-state index in [1.165, 1.54) is 0 Å². The van der Waals surface area contributed by atoms with E-state index in [0.29, 0.717) is 23.4 Å². The van der Waals surface area contributed by atoms with Gasteiger partial charge in [0.25, 0.3) is 11.8 Å². The van der Waals surface area contributed by atoms with Crippen LogP contribution < -0.4 is 10.2 Å². The molecule has 7 heteroatoms. The van der Waals surface area contributed by atoms with Crippen LogP contribution in [0.15, 0.2) is 59.3 Å². The van der Waals surface area contributed by atoms with Gasteiger partial charge in [-0.1, -0.05) is 42.8 Å². The van der Waals surface area contributed by atoms with Crippen molar-refractivity contribution in [2.75, 3.05) is 10.2 Å². The van der Waals surface area contributed by atoms with Crippen molar-refractivity contribution in [1.82, 2.24) is 0 Å². The van der Waals surface area contributed by atoms with Crippen molar-refractivity contribution in [3.05, 3.63) is 70.4 Å². The van der Waals surface area contributed by atoms with Gasteiger partial charge in [-0.15, -0.1) is 0 Å². The van der Waals surface area contributed by atoms with Gasteiger partial charge in [-0.3, -0.25) is 9.59 Å². The number of hydrogen-bond acceptors (Lipinski definition) is 5. The van der Waals surface area contributed by atoms with Crippen LogP contribution in [0.5, 0.6) is 0 Å². The smallest absolute Gasteiger partial charge is 0.338 e. The Bertz CT molecular complexity index is 1010. The molecule has 0 bridgehead atoms. The number of rotatable bonds is 6. The highest BCUT2D eigenvalue weighted by Crippen LogP contribution is 2.32. The normalized spacial score (nSPS) is 14.0. The number of halogens is 1. The summed E-state index contributed by atoms with van der Waals surface area (Å²) in [5.74, 6) is -1.61. The summed E-state index contributed by atoms with van der Waals surface area (Å²) in [6, 6.07) is 13.7. The third kappa shape index (κ3) is 4.17. The highest BCUT2D eigenvalue weighted by molar-refractivity contribution is 6.53. The molecule has 150 valence electrons. The largest absolute Gasteiger partial charge is 0.459 e. The molecule has 0 spiro atoms. The first-order chi connectivity index (χ1) is 13.8. The molecule has 0 unspecified atom stereocenters. The molecule has 2 aromatic carbocycles. The zero-order chi connectivity index (χ0) is 21.1. The summed E-state index contributed by atoms with van der Waals surface area (Å²) in [7, 11) is 0. The quantitative estimate of drug-likeness (QED) is 0.567. The minimum Gasteiger partial charge on any atom is -0.459 e. The Morgan fingerprint density at radius 2 is 1.83 bits per heavy atom. The van der Waals surface area contributed by atoms with Gasteiger partial charge >= 0.3 is 5.97 Å². The fraction of sp³-hybridized carbons (Fsp3) is 0.227. The lowest BCUT2D eigenvalue weighted by molar-refractivity contribution is -0.120. The van der Waals surface area contributed by atoms with Crippen molar-refractivity contribution in [3.8, 4) is 0 Å². The van der Waals surface area contributed by atoms with Crippen LogP contribution in [0.4, 0.5) is 11.4 Å². The number of ether oxygens (including phenoxy) is 1. The minimum absolute atomic E-state index is 0.0306.